The average molecular weight is 424 g/mol. The largest absolute Gasteiger partial charge is 0.497 e. The summed E-state index contributed by atoms with van der Waals surface area (Å²) in [6.07, 6.45) is 0.265. The van der Waals surface area contributed by atoms with E-state index in [1.807, 2.05) is 59.5 Å². The molecule has 2 amide bonds. The number of hydrogen-bond acceptors (Lipinski definition) is 5. The number of nitrogens with zero attached hydrogens (tertiary/aromatic N) is 3. The van der Waals surface area contributed by atoms with Crippen molar-refractivity contribution < 1.29 is 19.1 Å². The van der Waals surface area contributed by atoms with Crippen molar-refractivity contribution in [3.63, 3.8) is 0 Å². The molecule has 7 nitrogen and oxygen atoms in total. The van der Waals surface area contributed by atoms with E-state index in [-0.39, 0.29) is 24.2 Å². The molecule has 2 heterocycles. The number of amides is 2. The van der Waals surface area contributed by atoms with Gasteiger partial charge in [0.25, 0.3) is 0 Å². The van der Waals surface area contributed by atoms with E-state index in [4.69, 9.17) is 9.47 Å². The predicted octanol–water partition coefficient (Wildman–Crippen LogP) is 2.27. The fourth-order valence-corrected chi connectivity index (χ4v) is 4.16. The summed E-state index contributed by atoms with van der Waals surface area (Å²) in [4.78, 5) is 31.5. The van der Waals surface area contributed by atoms with Crippen LogP contribution in [0.4, 0.5) is 5.69 Å². The molecule has 0 spiro atoms. The van der Waals surface area contributed by atoms with E-state index in [0.29, 0.717) is 32.0 Å². The van der Waals surface area contributed by atoms with Crippen LogP contribution in [0.5, 0.6) is 11.5 Å². The minimum atomic E-state index is -0.285. The molecule has 1 atom stereocenters. The van der Waals surface area contributed by atoms with Gasteiger partial charge in [-0.15, -0.1) is 0 Å². The Morgan fingerprint density at radius 3 is 2.48 bits per heavy atom. The second-order valence-corrected chi connectivity index (χ2v) is 7.94. The summed E-state index contributed by atoms with van der Waals surface area (Å²) in [5, 5.41) is 0. The predicted molar refractivity (Wildman–Crippen MR) is 118 cm³/mol. The van der Waals surface area contributed by atoms with Crippen molar-refractivity contribution in [1.29, 1.82) is 0 Å². The third-order valence-corrected chi connectivity index (χ3v) is 5.94. The molecule has 0 radical (unpaired) electrons. The van der Waals surface area contributed by atoms with Gasteiger partial charge in [-0.05, 0) is 24.3 Å². The molecule has 1 unspecified atom stereocenters. The minimum absolute atomic E-state index is 0.0108. The molecule has 2 aliphatic rings. The SMILES string of the molecule is COc1cccc(N2CC(C(=O)N3CCN(CCOc4ccccc4)CC3)CC2=O)c1. The zero-order valence-electron chi connectivity index (χ0n) is 17.9. The number of rotatable bonds is 7. The van der Waals surface area contributed by atoms with Crippen LogP contribution in [0, 0.1) is 5.92 Å². The van der Waals surface area contributed by atoms with Gasteiger partial charge >= 0.3 is 0 Å². The first-order valence-corrected chi connectivity index (χ1v) is 10.8. The quantitative estimate of drug-likeness (QED) is 0.684. The normalized spacial score (nSPS) is 19.5. The monoisotopic (exact) mass is 423 g/mol. The third kappa shape index (κ3) is 5.17. The lowest BCUT2D eigenvalue weighted by molar-refractivity contribution is -0.137. The highest BCUT2D eigenvalue weighted by Crippen LogP contribution is 2.29. The van der Waals surface area contributed by atoms with Gasteiger partial charge in [-0.25, -0.2) is 0 Å². The topological polar surface area (TPSA) is 62.3 Å². The highest BCUT2D eigenvalue weighted by Gasteiger charge is 2.38. The summed E-state index contributed by atoms with van der Waals surface area (Å²) in [7, 11) is 1.60. The fourth-order valence-electron chi connectivity index (χ4n) is 4.16. The second kappa shape index (κ2) is 9.83. The van der Waals surface area contributed by atoms with Gasteiger partial charge in [-0.3, -0.25) is 14.5 Å². The maximum atomic E-state index is 13.0. The van der Waals surface area contributed by atoms with Crippen LogP contribution >= 0.6 is 0 Å². The minimum Gasteiger partial charge on any atom is -0.497 e. The van der Waals surface area contributed by atoms with Crippen molar-refractivity contribution in [2.75, 3.05) is 57.9 Å². The third-order valence-electron chi connectivity index (χ3n) is 5.94. The number of hydrogen-bond donors (Lipinski definition) is 0. The van der Waals surface area contributed by atoms with Crippen LogP contribution in [0.15, 0.2) is 54.6 Å². The smallest absolute Gasteiger partial charge is 0.228 e. The van der Waals surface area contributed by atoms with E-state index < -0.39 is 0 Å². The Morgan fingerprint density at radius 2 is 1.74 bits per heavy atom. The number of para-hydroxylation sites is 1. The summed E-state index contributed by atoms with van der Waals surface area (Å²) in [6, 6.07) is 17.2. The van der Waals surface area contributed by atoms with E-state index >= 15 is 0 Å². The van der Waals surface area contributed by atoms with E-state index in [1.165, 1.54) is 0 Å². The van der Waals surface area contributed by atoms with Crippen LogP contribution in [0.1, 0.15) is 6.42 Å². The van der Waals surface area contributed by atoms with Crippen molar-refractivity contribution >= 4 is 17.5 Å². The van der Waals surface area contributed by atoms with Crippen molar-refractivity contribution in [2.24, 2.45) is 5.92 Å². The van der Waals surface area contributed by atoms with Gasteiger partial charge in [0.05, 0.1) is 13.0 Å². The molecule has 2 fully saturated rings. The molecule has 0 aromatic heterocycles. The molecule has 0 N–H and O–H groups in total. The first-order chi connectivity index (χ1) is 15.1. The fraction of sp³-hybridized carbons (Fsp3) is 0.417. The van der Waals surface area contributed by atoms with Crippen molar-refractivity contribution in [3.05, 3.63) is 54.6 Å². The maximum absolute atomic E-state index is 13.0. The number of carbonyl (C=O) groups excluding carboxylic acids is 2. The Bertz CT molecular complexity index is 897. The summed E-state index contributed by atoms with van der Waals surface area (Å²) < 4.78 is 11.0. The van der Waals surface area contributed by atoms with Gasteiger partial charge in [0, 0.05) is 57.4 Å². The maximum Gasteiger partial charge on any atom is 0.228 e. The van der Waals surface area contributed by atoms with Crippen molar-refractivity contribution in [3.8, 4) is 11.5 Å². The molecule has 31 heavy (non-hydrogen) atoms. The first-order valence-electron chi connectivity index (χ1n) is 10.8. The van der Waals surface area contributed by atoms with E-state index in [2.05, 4.69) is 4.90 Å². The Labute approximate surface area is 183 Å². The Balaban J connectivity index is 1.24. The number of anilines is 1. The molecule has 7 heteroatoms. The zero-order valence-corrected chi connectivity index (χ0v) is 17.9. The van der Waals surface area contributed by atoms with Gasteiger partial charge in [0.15, 0.2) is 0 Å². The van der Waals surface area contributed by atoms with Crippen molar-refractivity contribution in [2.45, 2.75) is 6.42 Å². The lowest BCUT2D eigenvalue weighted by Gasteiger charge is -2.35. The molecular formula is C24H29N3O4. The molecule has 0 saturated carbocycles. The highest BCUT2D eigenvalue weighted by molar-refractivity contribution is 6.00. The van der Waals surface area contributed by atoms with Crippen molar-refractivity contribution in [1.82, 2.24) is 9.80 Å². The summed E-state index contributed by atoms with van der Waals surface area (Å²) >= 11 is 0. The zero-order chi connectivity index (χ0) is 21.6. The molecule has 2 aromatic rings. The van der Waals surface area contributed by atoms with E-state index in [1.54, 1.807) is 12.0 Å². The summed E-state index contributed by atoms with van der Waals surface area (Å²) in [6.45, 7) is 4.92. The molecule has 2 aliphatic heterocycles. The molecule has 0 bridgehead atoms. The van der Waals surface area contributed by atoms with Gasteiger partial charge < -0.3 is 19.3 Å². The van der Waals surface area contributed by atoms with Crippen LogP contribution < -0.4 is 14.4 Å². The molecule has 2 saturated heterocycles. The molecule has 2 aromatic carbocycles. The van der Waals surface area contributed by atoms with Crippen LogP contribution in [-0.4, -0.2) is 74.6 Å². The number of carbonyl (C=O) groups is 2. The number of piperazine rings is 1. The van der Waals surface area contributed by atoms with Crippen LogP contribution in [-0.2, 0) is 9.59 Å². The standard InChI is InChI=1S/C24H29N3O4/c1-30-22-9-5-6-20(17-22)27-18-19(16-23(27)28)24(29)26-12-10-25(11-13-26)14-15-31-21-7-3-2-4-8-21/h2-9,17,19H,10-16,18H2,1H3. The molecule has 164 valence electrons. The molecule has 4 rings (SSSR count). The summed E-state index contributed by atoms with van der Waals surface area (Å²) in [5.74, 6) is 1.36. The van der Waals surface area contributed by atoms with Crippen LogP contribution in [0.3, 0.4) is 0 Å². The summed E-state index contributed by atoms with van der Waals surface area (Å²) in [5.41, 5.74) is 0.780. The van der Waals surface area contributed by atoms with Gasteiger partial charge in [-0.2, -0.15) is 0 Å². The lowest BCUT2D eigenvalue weighted by Crippen LogP contribution is -2.51. The second-order valence-electron chi connectivity index (χ2n) is 7.94. The molecular weight excluding hydrogens is 394 g/mol. The number of methoxy groups -OCH3 is 1. The number of ether oxygens (including phenoxy) is 2. The average Bonchev–Trinajstić information content (AvgIpc) is 3.21. The highest BCUT2D eigenvalue weighted by atomic mass is 16.5. The van der Waals surface area contributed by atoms with Gasteiger partial charge in [0.2, 0.25) is 11.8 Å². The Hall–Kier alpha value is -3.06. The van der Waals surface area contributed by atoms with Crippen LogP contribution in [0.2, 0.25) is 0 Å². The molecule has 0 aliphatic carbocycles. The lowest BCUT2D eigenvalue weighted by atomic mass is 10.1. The van der Waals surface area contributed by atoms with E-state index in [9.17, 15) is 9.59 Å². The van der Waals surface area contributed by atoms with E-state index in [0.717, 1.165) is 31.1 Å². The first kappa shape index (κ1) is 21.2. The van der Waals surface area contributed by atoms with Crippen LogP contribution in [0.25, 0.3) is 0 Å². The van der Waals surface area contributed by atoms with Gasteiger partial charge in [-0.1, -0.05) is 24.3 Å². The van der Waals surface area contributed by atoms with Gasteiger partial charge in [0.1, 0.15) is 18.1 Å². The Morgan fingerprint density at radius 1 is 1.00 bits per heavy atom. The number of benzene rings is 2. The Kier molecular flexibility index (Phi) is 6.72.